The summed E-state index contributed by atoms with van der Waals surface area (Å²) in [7, 11) is 0. The van der Waals surface area contributed by atoms with E-state index >= 15 is 0 Å². The van der Waals surface area contributed by atoms with Crippen LogP contribution in [0, 0.1) is 22.7 Å². The van der Waals surface area contributed by atoms with Crippen LogP contribution in [0.3, 0.4) is 0 Å². The van der Waals surface area contributed by atoms with Crippen LogP contribution in [0.4, 0.5) is 13.2 Å². The quantitative estimate of drug-likeness (QED) is 0.581. The van der Waals surface area contributed by atoms with Gasteiger partial charge in [0.2, 0.25) is 0 Å². The van der Waals surface area contributed by atoms with Gasteiger partial charge in [-0.2, -0.15) is 23.7 Å². The van der Waals surface area contributed by atoms with Gasteiger partial charge < -0.3 is 11.1 Å². The summed E-state index contributed by atoms with van der Waals surface area (Å²) in [5.41, 5.74) is 3.12. The van der Waals surface area contributed by atoms with Crippen molar-refractivity contribution in [2.24, 2.45) is 5.73 Å². The highest BCUT2D eigenvalue weighted by molar-refractivity contribution is 5.84. The normalized spacial score (nSPS) is 12.1. The highest BCUT2D eigenvalue weighted by Gasteiger charge is 2.39. The zero-order valence-corrected chi connectivity index (χ0v) is 6.51. The van der Waals surface area contributed by atoms with Gasteiger partial charge in [-0.25, -0.2) is 0 Å². The second-order valence-corrected chi connectivity index (χ2v) is 1.96. The van der Waals surface area contributed by atoms with Crippen LogP contribution in [0.5, 0.6) is 0 Å². The predicted octanol–water partition coefficient (Wildman–Crippen LogP) is -0.118. The molecule has 8 heteroatoms. The average molecular weight is 204 g/mol. The molecular weight excluding hydrogens is 201 g/mol. The minimum atomic E-state index is -5.13. The molecule has 0 saturated heterocycles. The fraction of sp³-hybridized carbons (Fsp3) is 0.167. The molecule has 5 nitrogen and oxygen atoms in total. The van der Waals surface area contributed by atoms with E-state index in [9.17, 15) is 18.0 Å². The molecule has 0 atom stereocenters. The third-order valence-corrected chi connectivity index (χ3v) is 0.998. The van der Waals surface area contributed by atoms with E-state index in [1.807, 2.05) is 0 Å². The first kappa shape index (κ1) is 11.8. The Kier molecular flexibility index (Phi) is 3.48. The molecule has 0 rings (SSSR count). The van der Waals surface area contributed by atoms with E-state index < -0.39 is 23.5 Å². The largest absolute Gasteiger partial charge is 0.471 e. The van der Waals surface area contributed by atoms with Crippen LogP contribution >= 0.6 is 0 Å². The number of hydrogen-bond donors (Lipinski definition) is 2. The number of nitrogens with two attached hydrogens (primary N) is 1. The number of allylic oxidation sites excluding steroid dienone is 2. The number of alkyl halides is 3. The van der Waals surface area contributed by atoms with E-state index in [-0.39, 0.29) is 0 Å². The molecule has 0 radical (unpaired) electrons. The monoisotopic (exact) mass is 204 g/mol. The zero-order chi connectivity index (χ0) is 11.4. The Hall–Kier alpha value is -2.22. The van der Waals surface area contributed by atoms with Gasteiger partial charge in [-0.15, -0.1) is 0 Å². The molecule has 0 saturated carbocycles. The molecule has 0 aliphatic heterocycles. The number of halogens is 3. The lowest BCUT2D eigenvalue weighted by Crippen LogP contribution is -2.36. The average Bonchev–Trinajstić information content (AvgIpc) is 2.10. The fourth-order valence-electron chi connectivity index (χ4n) is 0.396. The molecule has 0 aliphatic rings. The van der Waals surface area contributed by atoms with Crippen molar-refractivity contribution in [2.75, 3.05) is 0 Å². The van der Waals surface area contributed by atoms with Gasteiger partial charge in [-0.05, 0) is 0 Å². The third kappa shape index (κ3) is 3.03. The van der Waals surface area contributed by atoms with E-state index in [0.29, 0.717) is 0 Å². The maximum absolute atomic E-state index is 11.6. The summed E-state index contributed by atoms with van der Waals surface area (Å²) in [5, 5.41) is 17.5. The molecule has 0 heterocycles. The second-order valence-electron chi connectivity index (χ2n) is 1.96. The summed E-state index contributed by atoms with van der Waals surface area (Å²) >= 11 is 0. The Balaban J connectivity index is 4.81. The van der Waals surface area contributed by atoms with Gasteiger partial charge in [-0.1, -0.05) is 0 Å². The summed E-state index contributed by atoms with van der Waals surface area (Å²) in [6.07, 6.45) is -5.13. The number of hydrogen-bond acceptors (Lipinski definition) is 4. The zero-order valence-electron chi connectivity index (χ0n) is 6.51. The van der Waals surface area contributed by atoms with E-state index in [0.717, 1.165) is 11.4 Å². The summed E-state index contributed by atoms with van der Waals surface area (Å²) < 4.78 is 34.9. The van der Waals surface area contributed by atoms with E-state index in [4.69, 9.17) is 16.3 Å². The molecule has 14 heavy (non-hydrogen) atoms. The minimum Gasteiger partial charge on any atom is -0.388 e. The molecule has 0 bridgehead atoms. The molecule has 0 unspecified atom stereocenters. The molecular formula is C6H3F3N4O. The van der Waals surface area contributed by atoms with Crippen LogP contribution in [0.2, 0.25) is 0 Å². The van der Waals surface area contributed by atoms with Gasteiger partial charge in [0.25, 0.3) is 0 Å². The minimum absolute atomic E-state index is 0.787. The topological polar surface area (TPSA) is 103 Å². The molecule has 0 aromatic rings. The second kappa shape index (κ2) is 4.14. The number of nitriles is 2. The van der Waals surface area contributed by atoms with Gasteiger partial charge in [0.1, 0.15) is 17.8 Å². The number of nitrogens with one attached hydrogen (secondary N) is 1. The maximum Gasteiger partial charge on any atom is 0.471 e. The summed E-state index contributed by atoms with van der Waals surface area (Å²) in [4.78, 5) is 10.3. The highest BCUT2D eigenvalue weighted by Crippen LogP contribution is 2.14. The van der Waals surface area contributed by atoms with Crippen LogP contribution in [0.15, 0.2) is 11.4 Å². The molecule has 0 fully saturated rings. The molecule has 0 aromatic heterocycles. The first-order valence-electron chi connectivity index (χ1n) is 3.01. The first-order chi connectivity index (χ1) is 6.32. The molecule has 1 amide bonds. The molecule has 74 valence electrons. The van der Waals surface area contributed by atoms with Crippen molar-refractivity contribution in [1.82, 2.24) is 5.32 Å². The number of amides is 1. The van der Waals surface area contributed by atoms with Crippen LogP contribution in [-0.2, 0) is 4.79 Å². The maximum atomic E-state index is 11.6. The molecule has 0 spiro atoms. The number of nitrogens with zero attached hydrogens (tertiary/aromatic N) is 2. The number of carbonyl (C=O) groups is 1. The lowest BCUT2D eigenvalue weighted by molar-refractivity contribution is -0.172. The Morgan fingerprint density at radius 3 is 2.07 bits per heavy atom. The van der Waals surface area contributed by atoms with Crippen molar-refractivity contribution in [3.05, 3.63) is 11.4 Å². The lowest BCUT2D eigenvalue weighted by Gasteiger charge is -2.06. The lowest BCUT2D eigenvalue weighted by atomic mass is 10.3. The van der Waals surface area contributed by atoms with Gasteiger partial charge >= 0.3 is 12.1 Å². The van der Waals surface area contributed by atoms with Crippen LogP contribution in [-0.4, -0.2) is 12.1 Å². The van der Waals surface area contributed by atoms with Crippen LogP contribution in [0.25, 0.3) is 0 Å². The summed E-state index contributed by atoms with van der Waals surface area (Å²) in [5.74, 6) is -2.35. The highest BCUT2D eigenvalue weighted by atomic mass is 19.4. The molecule has 0 aliphatic carbocycles. The SMILES string of the molecule is N#C/C(N)=C(\C#N)NC(=O)C(F)(F)F. The van der Waals surface area contributed by atoms with Gasteiger partial charge in [0.15, 0.2) is 5.70 Å². The van der Waals surface area contributed by atoms with E-state index in [2.05, 4.69) is 0 Å². The van der Waals surface area contributed by atoms with E-state index in [1.54, 1.807) is 0 Å². The molecule has 3 N–H and O–H groups in total. The van der Waals surface area contributed by atoms with Crippen molar-refractivity contribution >= 4 is 5.91 Å². The first-order valence-corrected chi connectivity index (χ1v) is 3.01. The van der Waals surface area contributed by atoms with Gasteiger partial charge in [-0.3, -0.25) is 4.79 Å². The van der Waals surface area contributed by atoms with E-state index in [1.165, 1.54) is 6.07 Å². The van der Waals surface area contributed by atoms with Crippen molar-refractivity contribution in [3.8, 4) is 12.1 Å². The number of carbonyl (C=O) groups excluding carboxylic acids is 1. The Morgan fingerprint density at radius 2 is 1.79 bits per heavy atom. The summed E-state index contributed by atoms with van der Waals surface area (Å²) in [6, 6.07) is 2.38. The van der Waals surface area contributed by atoms with Crippen molar-refractivity contribution in [1.29, 1.82) is 10.5 Å². The van der Waals surface area contributed by atoms with Crippen molar-refractivity contribution in [2.45, 2.75) is 6.18 Å². The van der Waals surface area contributed by atoms with Crippen molar-refractivity contribution < 1.29 is 18.0 Å². The van der Waals surface area contributed by atoms with Gasteiger partial charge in [0.05, 0.1) is 0 Å². The van der Waals surface area contributed by atoms with Gasteiger partial charge in [0, 0.05) is 0 Å². The fourth-order valence-corrected chi connectivity index (χ4v) is 0.396. The summed E-state index contributed by atoms with van der Waals surface area (Å²) in [6.45, 7) is 0. The Bertz CT molecular complexity index is 357. The predicted molar refractivity (Wildman–Crippen MR) is 36.6 cm³/mol. The Morgan fingerprint density at radius 1 is 1.29 bits per heavy atom. The number of rotatable bonds is 1. The smallest absolute Gasteiger partial charge is 0.388 e. The Labute approximate surface area is 76.2 Å². The third-order valence-electron chi connectivity index (χ3n) is 0.998. The van der Waals surface area contributed by atoms with Crippen LogP contribution < -0.4 is 11.1 Å². The molecule has 0 aromatic carbocycles. The van der Waals surface area contributed by atoms with Crippen molar-refractivity contribution in [3.63, 3.8) is 0 Å². The van der Waals surface area contributed by atoms with Crippen LogP contribution in [0.1, 0.15) is 0 Å². The standard InChI is InChI=1S/C6H3F3N4O/c7-6(8,9)5(14)13-4(2-11)3(12)1-10/h12H2,(H,13,14)/b4-3-.